The van der Waals surface area contributed by atoms with E-state index in [0.717, 1.165) is 11.3 Å². The van der Waals surface area contributed by atoms with Gasteiger partial charge in [0.15, 0.2) is 0 Å². The molecule has 1 N–H and O–H groups in total. The van der Waals surface area contributed by atoms with E-state index in [0.29, 0.717) is 16.5 Å². The molecule has 0 radical (unpaired) electrons. The second-order valence-corrected chi connectivity index (χ2v) is 6.89. The predicted octanol–water partition coefficient (Wildman–Crippen LogP) is 6.04. The minimum atomic E-state index is -0.380. The molecule has 6 heteroatoms. The van der Waals surface area contributed by atoms with Crippen LogP contribution in [0.4, 0.5) is 10.1 Å². The highest BCUT2D eigenvalue weighted by Gasteiger charge is 2.21. The van der Waals surface area contributed by atoms with Crippen LogP contribution in [0.15, 0.2) is 77.2 Å². The van der Waals surface area contributed by atoms with Gasteiger partial charge in [-0.15, -0.1) is 10.2 Å². The Morgan fingerprint density at radius 2 is 1.71 bits per heavy atom. The van der Waals surface area contributed by atoms with Crippen molar-refractivity contribution in [1.29, 1.82) is 0 Å². The van der Waals surface area contributed by atoms with Crippen molar-refractivity contribution >= 4 is 17.3 Å². The van der Waals surface area contributed by atoms with E-state index in [1.54, 1.807) is 12.1 Å². The zero-order chi connectivity index (χ0) is 19.5. The van der Waals surface area contributed by atoms with Gasteiger partial charge >= 0.3 is 0 Å². The maximum atomic E-state index is 13.5. The number of rotatable bonds is 5. The van der Waals surface area contributed by atoms with Crippen LogP contribution in [0.5, 0.6) is 0 Å². The highest BCUT2D eigenvalue weighted by atomic mass is 35.5. The monoisotopic (exact) mass is 393 g/mol. The molecule has 28 heavy (non-hydrogen) atoms. The van der Waals surface area contributed by atoms with Gasteiger partial charge in [0, 0.05) is 16.3 Å². The summed E-state index contributed by atoms with van der Waals surface area (Å²) in [5, 5.41) is 12.4. The van der Waals surface area contributed by atoms with Crippen molar-refractivity contribution < 1.29 is 8.81 Å². The van der Waals surface area contributed by atoms with E-state index in [4.69, 9.17) is 16.0 Å². The first-order chi connectivity index (χ1) is 13.6. The lowest BCUT2D eigenvalue weighted by atomic mass is 10.1. The van der Waals surface area contributed by atoms with Crippen LogP contribution in [-0.4, -0.2) is 10.2 Å². The fourth-order valence-electron chi connectivity index (χ4n) is 2.85. The molecule has 0 unspecified atom stereocenters. The van der Waals surface area contributed by atoms with E-state index in [-0.39, 0.29) is 17.7 Å². The third kappa shape index (κ3) is 4.05. The van der Waals surface area contributed by atoms with Crippen LogP contribution in [-0.2, 0) is 0 Å². The number of halogens is 2. The quantitative estimate of drug-likeness (QED) is 0.449. The van der Waals surface area contributed by atoms with Gasteiger partial charge in [0.05, 0.1) is 0 Å². The molecule has 0 amide bonds. The normalized spacial score (nSPS) is 12.0. The first-order valence-corrected chi connectivity index (χ1v) is 9.14. The lowest BCUT2D eigenvalue weighted by Gasteiger charge is -2.17. The first kappa shape index (κ1) is 18.2. The van der Waals surface area contributed by atoms with Gasteiger partial charge in [0.1, 0.15) is 11.9 Å². The number of anilines is 1. The van der Waals surface area contributed by atoms with Gasteiger partial charge in [-0.3, -0.25) is 0 Å². The fourth-order valence-corrected chi connectivity index (χ4v) is 2.97. The molecule has 1 aromatic heterocycles. The predicted molar refractivity (Wildman–Crippen MR) is 108 cm³/mol. The summed E-state index contributed by atoms with van der Waals surface area (Å²) in [6, 6.07) is 21.1. The third-order valence-electron chi connectivity index (χ3n) is 4.33. The van der Waals surface area contributed by atoms with E-state index in [2.05, 4.69) is 15.5 Å². The second kappa shape index (κ2) is 7.82. The Kier molecular flexibility index (Phi) is 5.08. The SMILES string of the molecule is Cc1ccc(N[C@@H](c2ccc(Cl)cc2)c2nnc(-c3cccc(F)c3)o2)cc1. The van der Waals surface area contributed by atoms with Crippen molar-refractivity contribution in [3.8, 4) is 11.5 Å². The number of nitrogens with one attached hydrogen (secondary N) is 1. The molecule has 0 fully saturated rings. The van der Waals surface area contributed by atoms with Crippen molar-refractivity contribution in [2.45, 2.75) is 13.0 Å². The maximum Gasteiger partial charge on any atom is 0.247 e. The van der Waals surface area contributed by atoms with Gasteiger partial charge in [-0.2, -0.15) is 0 Å². The standard InChI is InChI=1S/C22H17ClFN3O/c1-14-5-11-19(12-6-14)25-20(15-7-9-17(23)10-8-15)22-27-26-21(28-22)16-3-2-4-18(24)13-16/h2-13,20,25H,1H3/t20-/m0/s1. The lowest BCUT2D eigenvalue weighted by molar-refractivity contribution is 0.493. The molecule has 0 aliphatic carbocycles. The summed E-state index contributed by atoms with van der Waals surface area (Å²) in [5.41, 5.74) is 3.53. The molecule has 1 heterocycles. The molecule has 0 saturated carbocycles. The van der Waals surface area contributed by atoms with Crippen molar-refractivity contribution in [3.63, 3.8) is 0 Å². The van der Waals surface area contributed by atoms with Crippen LogP contribution < -0.4 is 5.32 Å². The summed E-state index contributed by atoms with van der Waals surface area (Å²) in [4.78, 5) is 0. The summed E-state index contributed by atoms with van der Waals surface area (Å²) in [5.74, 6) is 0.283. The van der Waals surface area contributed by atoms with E-state index >= 15 is 0 Å². The number of aromatic nitrogens is 2. The minimum absolute atomic E-state index is 0.263. The van der Waals surface area contributed by atoms with Gasteiger partial charge in [-0.1, -0.05) is 47.5 Å². The van der Waals surface area contributed by atoms with Gasteiger partial charge in [-0.05, 0) is 55.0 Å². The molecule has 4 aromatic rings. The molecule has 0 aliphatic rings. The molecular weight excluding hydrogens is 377 g/mol. The number of benzene rings is 3. The third-order valence-corrected chi connectivity index (χ3v) is 4.58. The van der Waals surface area contributed by atoms with Crippen LogP contribution in [0.25, 0.3) is 11.5 Å². The van der Waals surface area contributed by atoms with Gasteiger partial charge < -0.3 is 9.73 Å². The molecule has 0 saturated heterocycles. The van der Waals surface area contributed by atoms with E-state index < -0.39 is 0 Å². The summed E-state index contributed by atoms with van der Waals surface area (Å²) in [6.07, 6.45) is 0. The molecule has 0 aliphatic heterocycles. The average Bonchev–Trinajstić information content (AvgIpc) is 3.18. The summed E-state index contributed by atoms with van der Waals surface area (Å²) >= 11 is 6.03. The van der Waals surface area contributed by atoms with Crippen LogP contribution in [0, 0.1) is 12.7 Å². The summed E-state index contributed by atoms with van der Waals surface area (Å²) in [7, 11) is 0. The Morgan fingerprint density at radius 1 is 0.964 bits per heavy atom. The Hall–Kier alpha value is -3.18. The lowest BCUT2D eigenvalue weighted by Crippen LogP contribution is -2.12. The maximum absolute atomic E-state index is 13.5. The largest absolute Gasteiger partial charge is 0.418 e. The highest BCUT2D eigenvalue weighted by Crippen LogP contribution is 2.29. The van der Waals surface area contributed by atoms with Gasteiger partial charge in [0.2, 0.25) is 11.8 Å². The van der Waals surface area contributed by atoms with Crippen molar-refractivity contribution in [3.05, 3.63) is 101 Å². The Labute approximate surface area is 167 Å². The average molecular weight is 394 g/mol. The minimum Gasteiger partial charge on any atom is -0.418 e. The number of hydrogen-bond acceptors (Lipinski definition) is 4. The van der Waals surface area contributed by atoms with E-state index in [1.807, 2.05) is 55.5 Å². The van der Waals surface area contributed by atoms with Gasteiger partial charge in [0.25, 0.3) is 0 Å². The van der Waals surface area contributed by atoms with Crippen molar-refractivity contribution in [2.24, 2.45) is 0 Å². The second-order valence-electron chi connectivity index (χ2n) is 6.45. The summed E-state index contributed by atoms with van der Waals surface area (Å²) < 4.78 is 19.4. The first-order valence-electron chi connectivity index (χ1n) is 8.76. The smallest absolute Gasteiger partial charge is 0.247 e. The Balaban J connectivity index is 1.70. The molecule has 0 spiro atoms. The van der Waals surface area contributed by atoms with E-state index in [9.17, 15) is 4.39 Å². The number of hydrogen-bond donors (Lipinski definition) is 1. The van der Waals surface area contributed by atoms with Crippen LogP contribution in [0.1, 0.15) is 23.1 Å². The molecule has 3 aromatic carbocycles. The zero-order valence-electron chi connectivity index (χ0n) is 15.1. The Morgan fingerprint density at radius 3 is 2.43 bits per heavy atom. The van der Waals surface area contributed by atoms with Crippen LogP contribution in [0.2, 0.25) is 5.02 Å². The van der Waals surface area contributed by atoms with E-state index in [1.165, 1.54) is 17.7 Å². The number of aryl methyl sites for hydroxylation is 1. The van der Waals surface area contributed by atoms with Crippen molar-refractivity contribution in [2.75, 3.05) is 5.32 Å². The fraction of sp³-hybridized carbons (Fsp3) is 0.0909. The highest BCUT2D eigenvalue weighted by molar-refractivity contribution is 6.30. The van der Waals surface area contributed by atoms with Crippen LogP contribution in [0.3, 0.4) is 0 Å². The molecule has 4 rings (SSSR count). The van der Waals surface area contributed by atoms with Crippen molar-refractivity contribution in [1.82, 2.24) is 10.2 Å². The zero-order valence-corrected chi connectivity index (χ0v) is 15.8. The summed E-state index contributed by atoms with van der Waals surface area (Å²) in [6.45, 7) is 2.03. The Bertz CT molecular complexity index is 1080. The topological polar surface area (TPSA) is 51.0 Å². The molecule has 4 nitrogen and oxygen atoms in total. The van der Waals surface area contributed by atoms with Gasteiger partial charge in [-0.25, -0.2) is 4.39 Å². The molecular formula is C22H17ClFN3O. The molecule has 1 atom stereocenters. The molecule has 140 valence electrons. The number of nitrogens with zero attached hydrogens (tertiary/aromatic N) is 2. The van der Waals surface area contributed by atoms with Crippen LogP contribution >= 0.6 is 11.6 Å². The molecule has 0 bridgehead atoms.